The van der Waals surface area contributed by atoms with Crippen LogP contribution in [-0.4, -0.2) is 9.55 Å². The highest BCUT2D eigenvalue weighted by molar-refractivity contribution is 4.95. The molecule has 0 radical (unpaired) electrons. The maximum absolute atomic E-state index is 5.54. The second kappa shape index (κ2) is 11.0. The molecule has 0 fully saturated rings. The summed E-state index contributed by atoms with van der Waals surface area (Å²) in [5, 5.41) is 0. The van der Waals surface area contributed by atoms with E-state index in [0.29, 0.717) is 6.54 Å². The smallest absolute Gasteiger partial charge is 0.0949 e. The minimum atomic E-state index is 0.547. The molecule has 0 aliphatic carbocycles. The number of unbranched alkanes of at least 4 members (excludes halogenated alkanes) is 9. The molecule has 0 amide bonds. The van der Waals surface area contributed by atoms with Crippen molar-refractivity contribution in [1.29, 1.82) is 0 Å². The molecule has 2 N–H and O–H groups in total. The minimum absolute atomic E-state index is 0.547. The van der Waals surface area contributed by atoms with Gasteiger partial charge in [-0.3, -0.25) is 0 Å². The van der Waals surface area contributed by atoms with Crippen molar-refractivity contribution in [2.45, 2.75) is 84.2 Å². The Hall–Kier alpha value is -0.830. The molecule has 3 heteroatoms. The Morgan fingerprint density at radius 3 is 2.05 bits per heavy atom. The third-order valence-corrected chi connectivity index (χ3v) is 3.67. The highest BCUT2D eigenvalue weighted by Crippen LogP contribution is 2.11. The monoisotopic (exact) mass is 265 g/mol. The van der Waals surface area contributed by atoms with E-state index < -0.39 is 0 Å². The zero-order chi connectivity index (χ0) is 13.8. The first kappa shape index (κ1) is 16.2. The molecule has 0 aromatic carbocycles. The topological polar surface area (TPSA) is 43.8 Å². The summed E-state index contributed by atoms with van der Waals surface area (Å²) in [6, 6.07) is 0. The van der Waals surface area contributed by atoms with Gasteiger partial charge in [-0.15, -0.1) is 0 Å². The van der Waals surface area contributed by atoms with Crippen LogP contribution in [0.1, 0.15) is 76.8 Å². The maximum atomic E-state index is 5.54. The van der Waals surface area contributed by atoms with Crippen molar-refractivity contribution in [3.05, 3.63) is 18.2 Å². The molecule has 0 spiro atoms. The van der Waals surface area contributed by atoms with E-state index in [1.807, 2.05) is 6.33 Å². The average molecular weight is 265 g/mol. The Kier molecular flexibility index (Phi) is 9.42. The zero-order valence-corrected chi connectivity index (χ0v) is 12.6. The van der Waals surface area contributed by atoms with Crippen LogP contribution < -0.4 is 5.73 Å². The Bertz CT molecular complexity index is 307. The summed E-state index contributed by atoms with van der Waals surface area (Å²) in [5.74, 6) is 0. The van der Waals surface area contributed by atoms with Gasteiger partial charge in [0.15, 0.2) is 0 Å². The van der Waals surface area contributed by atoms with Crippen molar-refractivity contribution in [3.63, 3.8) is 0 Å². The number of nitrogens with two attached hydrogens (primary N) is 1. The Morgan fingerprint density at radius 1 is 0.947 bits per heavy atom. The summed E-state index contributed by atoms with van der Waals surface area (Å²) < 4.78 is 2.16. The number of hydrogen-bond donors (Lipinski definition) is 1. The molecule has 0 saturated heterocycles. The van der Waals surface area contributed by atoms with Gasteiger partial charge in [-0.25, -0.2) is 4.98 Å². The van der Waals surface area contributed by atoms with Gasteiger partial charge < -0.3 is 10.3 Å². The average Bonchev–Trinajstić information content (AvgIpc) is 2.89. The lowest BCUT2D eigenvalue weighted by atomic mass is 10.1. The first-order chi connectivity index (χ1) is 9.36. The second-order valence-electron chi connectivity index (χ2n) is 5.49. The molecule has 0 atom stereocenters. The lowest BCUT2D eigenvalue weighted by Crippen LogP contribution is -1.97. The summed E-state index contributed by atoms with van der Waals surface area (Å²) in [5.41, 5.74) is 6.53. The van der Waals surface area contributed by atoms with Gasteiger partial charge in [0.2, 0.25) is 0 Å². The van der Waals surface area contributed by atoms with E-state index in [2.05, 4.69) is 22.7 Å². The van der Waals surface area contributed by atoms with Crippen LogP contribution in [0.3, 0.4) is 0 Å². The number of rotatable bonds is 12. The van der Waals surface area contributed by atoms with Crippen molar-refractivity contribution in [2.75, 3.05) is 0 Å². The quantitative estimate of drug-likeness (QED) is 0.574. The second-order valence-corrected chi connectivity index (χ2v) is 5.49. The molecule has 3 nitrogen and oxygen atoms in total. The Labute approximate surface area is 118 Å². The lowest BCUT2D eigenvalue weighted by Gasteiger charge is -2.03. The summed E-state index contributed by atoms with van der Waals surface area (Å²) in [4.78, 5) is 4.24. The van der Waals surface area contributed by atoms with E-state index in [9.17, 15) is 0 Å². The zero-order valence-electron chi connectivity index (χ0n) is 12.6. The van der Waals surface area contributed by atoms with Crippen LogP contribution in [0.25, 0.3) is 0 Å². The molecular formula is C16H31N3. The van der Waals surface area contributed by atoms with E-state index in [1.165, 1.54) is 64.2 Å². The van der Waals surface area contributed by atoms with Gasteiger partial charge >= 0.3 is 0 Å². The van der Waals surface area contributed by atoms with E-state index in [-0.39, 0.29) is 0 Å². The van der Waals surface area contributed by atoms with Gasteiger partial charge in [-0.2, -0.15) is 0 Å². The van der Waals surface area contributed by atoms with E-state index in [4.69, 9.17) is 5.73 Å². The highest BCUT2D eigenvalue weighted by Gasteiger charge is 1.96. The van der Waals surface area contributed by atoms with Crippen LogP contribution in [-0.2, 0) is 13.1 Å². The van der Waals surface area contributed by atoms with E-state index in [0.717, 1.165) is 12.2 Å². The SMILES string of the molecule is CCCCCCCCCCCCn1cnc(CN)c1. The molecule has 0 aliphatic heterocycles. The molecule has 0 unspecified atom stereocenters. The largest absolute Gasteiger partial charge is 0.337 e. The molecule has 1 heterocycles. The molecule has 1 aromatic heterocycles. The predicted molar refractivity (Wildman–Crippen MR) is 82.0 cm³/mol. The molecule has 1 aromatic rings. The fraction of sp³-hybridized carbons (Fsp3) is 0.812. The molecule has 110 valence electrons. The van der Waals surface area contributed by atoms with E-state index >= 15 is 0 Å². The number of nitrogens with zero attached hydrogens (tertiary/aromatic N) is 2. The number of imidazole rings is 1. The van der Waals surface area contributed by atoms with Crippen molar-refractivity contribution in [1.82, 2.24) is 9.55 Å². The maximum Gasteiger partial charge on any atom is 0.0949 e. The predicted octanol–water partition coefficient (Wildman–Crippen LogP) is 4.26. The summed E-state index contributed by atoms with van der Waals surface area (Å²) in [6.07, 6.45) is 17.8. The minimum Gasteiger partial charge on any atom is -0.337 e. The molecule has 0 saturated carbocycles. The van der Waals surface area contributed by atoms with Gasteiger partial charge in [-0.05, 0) is 6.42 Å². The van der Waals surface area contributed by atoms with Crippen molar-refractivity contribution in [2.24, 2.45) is 5.73 Å². The Morgan fingerprint density at radius 2 is 1.53 bits per heavy atom. The van der Waals surface area contributed by atoms with Gasteiger partial charge in [0.25, 0.3) is 0 Å². The first-order valence-corrected chi connectivity index (χ1v) is 8.07. The van der Waals surface area contributed by atoms with Gasteiger partial charge in [0.1, 0.15) is 0 Å². The third-order valence-electron chi connectivity index (χ3n) is 3.67. The normalized spacial score (nSPS) is 11.1. The molecule has 0 bridgehead atoms. The molecule has 1 rings (SSSR count). The van der Waals surface area contributed by atoms with Crippen LogP contribution in [0.15, 0.2) is 12.5 Å². The fourth-order valence-corrected chi connectivity index (χ4v) is 2.42. The van der Waals surface area contributed by atoms with Crippen molar-refractivity contribution in [3.8, 4) is 0 Å². The summed E-state index contributed by atoms with van der Waals surface area (Å²) in [7, 11) is 0. The van der Waals surface area contributed by atoms with Crippen LogP contribution >= 0.6 is 0 Å². The number of aryl methyl sites for hydroxylation is 1. The Balaban J connectivity index is 1.86. The van der Waals surface area contributed by atoms with Crippen molar-refractivity contribution < 1.29 is 0 Å². The van der Waals surface area contributed by atoms with Crippen LogP contribution in [0.4, 0.5) is 0 Å². The number of aromatic nitrogens is 2. The van der Waals surface area contributed by atoms with Crippen molar-refractivity contribution >= 4 is 0 Å². The van der Waals surface area contributed by atoms with Crippen LogP contribution in [0.2, 0.25) is 0 Å². The molecular weight excluding hydrogens is 234 g/mol. The number of hydrogen-bond acceptors (Lipinski definition) is 2. The summed E-state index contributed by atoms with van der Waals surface area (Å²) in [6.45, 7) is 3.91. The highest BCUT2D eigenvalue weighted by atomic mass is 15.0. The molecule has 0 aliphatic rings. The van der Waals surface area contributed by atoms with Gasteiger partial charge in [0.05, 0.1) is 12.0 Å². The first-order valence-electron chi connectivity index (χ1n) is 8.07. The van der Waals surface area contributed by atoms with E-state index in [1.54, 1.807) is 0 Å². The molecule has 19 heavy (non-hydrogen) atoms. The third kappa shape index (κ3) is 8.04. The fourth-order valence-electron chi connectivity index (χ4n) is 2.42. The van der Waals surface area contributed by atoms with Gasteiger partial charge in [-0.1, -0.05) is 64.7 Å². The van der Waals surface area contributed by atoms with Crippen LogP contribution in [0, 0.1) is 0 Å². The van der Waals surface area contributed by atoms with Gasteiger partial charge in [0, 0.05) is 19.3 Å². The van der Waals surface area contributed by atoms with Crippen LogP contribution in [0.5, 0.6) is 0 Å². The lowest BCUT2D eigenvalue weighted by molar-refractivity contribution is 0.534. The standard InChI is InChI=1S/C16H31N3/c1-2-3-4-5-6-7-8-9-10-11-12-19-14-16(13-17)18-15-19/h14-15H,2-13,17H2,1H3. The summed E-state index contributed by atoms with van der Waals surface area (Å²) >= 11 is 0.